The van der Waals surface area contributed by atoms with E-state index in [9.17, 15) is 4.39 Å². The maximum atomic E-state index is 13.7. The van der Waals surface area contributed by atoms with Gasteiger partial charge in [0.25, 0.3) is 0 Å². The van der Waals surface area contributed by atoms with Crippen molar-refractivity contribution in [1.82, 2.24) is 20.2 Å². The predicted molar refractivity (Wildman–Crippen MR) is 86.5 cm³/mol. The van der Waals surface area contributed by atoms with Gasteiger partial charge >= 0.3 is 0 Å². The summed E-state index contributed by atoms with van der Waals surface area (Å²) < 4.78 is 19.6. The fourth-order valence-corrected chi connectivity index (χ4v) is 3.43. The molecule has 126 valence electrons. The molecule has 0 atom stereocenters. The summed E-state index contributed by atoms with van der Waals surface area (Å²) in [4.78, 5) is 9.72. The zero-order valence-electron chi connectivity index (χ0n) is 13.5. The largest absolute Gasteiger partial charge is 0.476 e. The first-order valence-corrected chi connectivity index (χ1v) is 8.48. The molecular weight excluding hydrogens is 309 g/mol. The first-order valence-electron chi connectivity index (χ1n) is 8.48. The molecule has 4 rings (SSSR count). The molecule has 1 aliphatic carbocycles. The third kappa shape index (κ3) is 3.16. The molecule has 0 bridgehead atoms. The highest BCUT2D eigenvalue weighted by Crippen LogP contribution is 2.25. The Bertz CT molecular complexity index is 718. The summed E-state index contributed by atoms with van der Waals surface area (Å²) in [7, 11) is 0. The normalized spacial score (nSPS) is 17.8. The van der Waals surface area contributed by atoms with Crippen LogP contribution in [0.2, 0.25) is 0 Å². The summed E-state index contributed by atoms with van der Waals surface area (Å²) in [6.45, 7) is 2.18. The van der Waals surface area contributed by atoms with Crippen LogP contribution < -0.4 is 9.64 Å². The van der Waals surface area contributed by atoms with Crippen molar-refractivity contribution in [2.75, 3.05) is 24.6 Å². The Kier molecular flexibility index (Phi) is 4.23. The fraction of sp³-hybridized carbons (Fsp3) is 0.529. The number of aryl methyl sites for hydroxylation is 2. The highest BCUT2D eigenvalue weighted by Gasteiger charge is 2.23. The lowest BCUT2D eigenvalue weighted by Gasteiger charge is -2.32. The molecule has 2 aromatic heterocycles. The fourth-order valence-electron chi connectivity index (χ4n) is 3.43. The molecule has 0 N–H and O–H groups in total. The molecule has 6 nitrogen and oxygen atoms in total. The van der Waals surface area contributed by atoms with Crippen LogP contribution in [0.25, 0.3) is 0 Å². The molecule has 24 heavy (non-hydrogen) atoms. The summed E-state index contributed by atoms with van der Waals surface area (Å²) in [6, 6.07) is 2.03. The second-order valence-electron chi connectivity index (χ2n) is 6.44. The number of nitrogens with zero attached hydrogens (tertiary/aromatic N) is 5. The van der Waals surface area contributed by atoms with E-state index in [0.29, 0.717) is 24.2 Å². The van der Waals surface area contributed by atoms with Gasteiger partial charge in [-0.1, -0.05) is 0 Å². The minimum absolute atomic E-state index is 0.361. The first-order chi connectivity index (χ1) is 11.8. The van der Waals surface area contributed by atoms with E-state index >= 15 is 0 Å². The number of aromatic nitrogens is 4. The topological polar surface area (TPSA) is 64.0 Å². The van der Waals surface area contributed by atoms with Gasteiger partial charge in [0.1, 0.15) is 6.33 Å². The van der Waals surface area contributed by atoms with E-state index < -0.39 is 0 Å². The summed E-state index contributed by atoms with van der Waals surface area (Å²) in [5, 5.41) is 8.41. The van der Waals surface area contributed by atoms with Gasteiger partial charge in [0.15, 0.2) is 11.6 Å². The third-order valence-corrected chi connectivity index (χ3v) is 4.83. The second kappa shape index (κ2) is 6.67. The smallest absolute Gasteiger partial charge is 0.233 e. The summed E-state index contributed by atoms with van der Waals surface area (Å²) >= 11 is 0. The van der Waals surface area contributed by atoms with Crippen molar-refractivity contribution >= 4 is 5.82 Å². The number of piperidine rings is 1. The molecule has 0 spiro atoms. The summed E-state index contributed by atoms with van der Waals surface area (Å²) in [5.74, 6) is 1.11. The molecule has 2 aliphatic rings. The molecule has 1 fully saturated rings. The van der Waals surface area contributed by atoms with Crippen LogP contribution in [0.5, 0.6) is 5.88 Å². The molecule has 0 saturated carbocycles. The van der Waals surface area contributed by atoms with E-state index in [-0.39, 0.29) is 5.82 Å². The van der Waals surface area contributed by atoms with E-state index in [0.717, 1.165) is 50.9 Å². The average Bonchev–Trinajstić information content (AvgIpc) is 3.09. The number of hydrogen-bond donors (Lipinski definition) is 0. The van der Waals surface area contributed by atoms with E-state index in [1.807, 2.05) is 11.0 Å². The maximum Gasteiger partial charge on any atom is 0.233 e. The Hall–Kier alpha value is -2.31. The lowest BCUT2D eigenvalue weighted by Crippen LogP contribution is -2.36. The van der Waals surface area contributed by atoms with Gasteiger partial charge in [0.2, 0.25) is 5.88 Å². The molecule has 3 heterocycles. The van der Waals surface area contributed by atoms with Gasteiger partial charge in [-0.3, -0.25) is 0 Å². The highest BCUT2D eigenvalue weighted by molar-refractivity contribution is 5.38. The molecule has 0 aromatic carbocycles. The van der Waals surface area contributed by atoms with Gasteiger partial charge in [0.05, 0.1) is 18.5 Å². The van der Waals surface area contributed by atoms with Crippen LogP contribution in [-0.2, 0) is 12.8 Å². The number of ether oxygens (including phenoxy) is 1. The predicted octanol–water partition coefficient (Wildman–Crippen LogP) is 2.19. The van der Waals surface area contributed by atoms with Crippen molar-refractivity contribution in [2.24, 2.45) is 5.92 Å². The summed E-state index contributed by atoms with van der Waals surface area (Å²) in [6.07, 6.45) is 7.75. The van der Waals surface area contributed by atoms with Crippen molar-refractivity contribution in [1.29, 1.82) is 0 Å². The van der Waals surface area contributed by atoms with Crippen LogP contribution in [0.1, 0.15) is 30.5 Å². The standard InChI is InChI=1S/C17H20FN5O/c18-14-9-19-11-20-17(14)23-6-4-12(5-7-23)10-24-16-8-13-2-1-3-15(13)21-22-16/h8-9,11-12H,1-7,10H2. The number of anilines is 1. The van der Waals surface area contributed by atoms with Crippen LogP contribution in [0, 0.1) is 11.7 Å². The van der Waals surface area contributed by atoms with Crippen molar-refractivity contribution in [3.05, 3.63) is 35.7 Å². The average molecular weight is 329 g/mol. The number of hydrogen-bond acceptors (Lipinski definition) is 6. The SMILES string of the molecule is Fc1cncnc1N1CCC(COc2cc3c(nn2)CCC3)CC1. The number of rotatable bonds is 4. The minimum Gasteiger partial charge on any atom is -0.476 e. The molecule has 7 heteroatoms. The van der Waals surface area contributed by atoms with E-state index in [1.165, 1.54) is 18.1 Å². The lowest BCUT2D eigenvalue weighted by molar-refractivity contribution is 0.213. The minimum atomic E-state index is -0.361. The van der Waals surface area contributed by atoms with Gasteiger partial charge < -0.3 is 9.64 Å². The van der Waals surface area contributed by atoms with Gasteiger partial charge in [-0.15, -0.1) is 5.10 Å². The Morgan fingerprint density at radius 2 is 2.08 bits per heavy atom. The first kappa shape index (κ1) is 15.2. The van der Waals surface area contributed by atoms with E-state index in [4.69, 9.17) is 4.74 Å². The van der Waals surface area contributed by atoms with Crippen LogP contribution in [0.15, 0.2) is 18.6 Å². The lowest BCUT2D eigenvalue weighted by atomic mass is 9.98. The van der Waals surface area contributed by atoms with Crippen LogP contribution in [-0.4, -0.2) is 39.9 Å². The molecular formula is C17H20FN5O. The molecule has 1 aliphatic heterocycles. The monoisotopic (exact) mass is 329 g/mol. The molecule has 2 aromatic rings. The van der Waals surface area contributed by atoms with E-state index in [2.05, 4.69) is 20.2 Å². The summed E-state index contributed by atoms with van der Waals surface area (Å²) in [5.41, 5.74) is 2.39. The second-order valence-corrected chi connectivity index (χ2v) is 6.44. The van der Waals surface area contributed by atoms with Gasteiger partial charge in [-0.2, -0.15) is 5.10 Å². The Morgan fingerprint density at radius 3 is 2.92 bits per heavy atom. The van der Waals surface area contributed by atoms with Gasteiger partial charge in [0, 0.05) is 19.2 Å². The Balaban J connectivity index is 1.30. The zero-order valence-corrected chi connectivity index (χ0v) is 13.5. The third-order valence-electron chi connectivity index (χ3n) is 4.83. The molecule has 0 amide bonds. The molecule has 1 saturated heterocycles. The number of halogens is 1. The number of fused-ring (bicyclic) bond motifs is 1. The van der Waals surface area contributed by atoms with Gasteiger partial charge in [-0.05, 0) is 43.6 Å². The van der Waals surface area contributed by atoms with Crippen molar-refractivity contribution in [3.63, 3.8) is 0 Å². The van der Waals surface area contributed by atoms with Crippen molar-refractivity contribution in [2.45, 2.75) is 32.1 Å². The quantitative estimate of drug-likeness (QED) is 0.857. The zero-order chi connectivity index (χ0) is 16.4. The van der Waals surface area contributed by atoms with Crippen molar-refractivity contribution < 1.29 is 9.13 Å². The highest BCUT2D eigenvalue weighted by atomic mass is 19.1. The Labute approximate surface area is 140 Å². The van der Waals surface area contributed by atoms with Crippen LogP contribution in [0.4, 0.5) is 10.2 Å². The van der Waals surface area contributed by atoms with Crippen molar-refractivity contribution in [3.8, 4) is 5.88 Å². The van der Waals surface area contributed by atoms with Crippen LogP contribution >= 0.6 is 0 Å². The van der Waals surface area contributed by atoms with E-state index in [1.54, 1.807) is 0 Å². The maximum absolute atomic E-state index is 13.7. The van der Waals surface area contributed by atoms with Crippen LogP contribution in [0.3, 0.4) is 0 Å². The molecule has 0 unspecified atom stereocenters. The Morgan fingerprint density at radius 1 is 1.21 bits per heavy atom. The molecule has 0 radical (unpaired) electrons. The van der Waals surface area contributed by atoms with Gasteiger partial charge in [-0.25, -0.2) is 14.4 Å².